The SMILES string of the molecule is COc1cc2ccccc2c(-c2cc([Si](C)(C)C)cc3ccccc23)c1OC. The Morgan fingerprint density at radius 1 is 0.679 bits per heavy atom. The molecule has 0 amide bonds. The van der Waals surface area contributed by atoms with E-state index in [-0.39, 0.29) is 0 Å². The van der Waals surface area contributed by atoms with E-state index in [2.05, 4.69) is 86.4 Å². The normalized spacial score (nSPS) is 11.8. The van der Waals surface area contributed by atoms with Crippen LogP contribution in [0.5, 0.6) is 11.5 Å². The topological polar surface area (TPSA) is 18.5 Å². The fourth-order valence-corrected chi connectivity index (χ4v) is 5.04. The second kappa shape index (κ2) is 6.99. The van der Waals surface area contributed by atoms with Crippen LogP contribution in [0, 0.1) is 0 Å². The Morgan fingerprint density at radius 2 is 1.29 bits per heavy atom. The summed E-state index contributed by atoms with van der Waals surface area (Å²) in [5, 5.41) is 6.28. The van der Waals surface area contributed by atoms with Gasteiger partial charge in [-0.3, -0.25) is 0 Å². The maximum Gasteiger partial charge on any atom is 0.169 e. The number of methoxy groups -OCH3 is 2. The summed E-state index contributed by atoms with van der Waals surface area (Å²) in [6, 6.07) is 23.9. The lowest BCUT2D eigenvalue weighted by Crippen LogP contribution is -2.37. The van der Waals surface area contributed by atoms with E-state index in [4.69, 9.17) is 9.47 Å². The summed E-state index contributed by atoms with van der Waals surface area (Å²) in [6.45, 7) is 7.17. The molecule has 0 saturated heterocycles. The molecule has 142 valence electrons. The van der Waals surface area contributed by atoms with Crippen LogP contribution in [-0.4, -0.2) is 22.3 Å². The van der Waals surface area contributed by atoms with Crippen LogP contribution < -0.4 is 14.7 Å². The second-order valence-corrected chi connectivity index (χ2v) is 13.3. The first kappa shape index (κ1) is 18.6. The molecule has 0 atom stereocenters. The summed E-state index contributed by atoms with van der Waals surface area (Å²) in [5.74, 6) is 1.55. The highest BCUT2D eigenvalue weighted by Crippen LogP contribution is 2.45. The lowest BCUT2D eigenvalue weighted by molar-refractivity contribution is 0.357. The molecule has 0 fully saturated rings. The van der Waals surface area contributed by atoms with Crippen LogP contribution in [0.15, 0.2) is 66.7 Å². The van der Waals surface area contributed by atoms with Crippen molar-refractivity contribution in [3.8, 4) is 22.6 Å². The highest BCUT2D eigenvalue weighted by molar-refractivity contribution is 6.88. The van der Waals surface area contributed by atoms with Crippen molar-refractivity contribution in [3.63, 3.8) is 0 Å². The molecule has 0 aliphatic rings. The van der Waals surface area contributed by atoms with Gasteiger partial charge >= 0.3 is 0 Å². The molecule has 0 aromatic heterocycles. The van der Waals surface area contributed by atoms with Crippen LogP contribution in [0.1, 0.15) is 0 Å². The zero-order chi connectivity index (χ0) is 19.9. The summed E-state index contributed by atoms with van der Waals surface area (Å²) >= 11 is 0. The van der Waals surface area contributed by atoms with Gasteiger partial charge in [0.1, 0.15) is 0 Å². The van der Waals surface area contributed by atoms with Crippen molar-refractivity contribution in [3.05, 3.63) is 66.7 Å². The van der Waals surface area contributed by atoms with Crippen LogP contribution in [0.25, 0.3) is 32.7 Å². The van der Waals surface area contributed by atoms with Crippen LogP contribution in [0.2, 0.25) is 19.6 Å². The Hall–Kier alpha value is -2.78. The van der Waals surface area contributed by atoms with Crippen molar-refractivity contribution >= 4 is 34.8 Å². The van der Waals surface area contributed by atoms with Crippen molar-refractivity contribution in [2.75, 3.05) is 14.2 Å². The van der Waals surface area contributed by atoms with Crippen molar-refractivity contribution in [1.82, 2.24) is 0 Å². The van der Waals surface area contributed by atoms with Crippen LogP contribution in [-0.2, 0) is 0 Å². The van der Waals surface area contributed by atoms with E-state index < -0.39 is 8.07 Å². The molecule has 0 saturated carbocycles. The summed E-state index contributed by atoms with van der Waals surface area (Å²) in [6.07, 6.45) is 0. The molecule has 28 heavy (non-hydrogen) atoms. The van der Waals surface area contributed by atoms with E-state index >= 15 is 0 Å². The molecule has 2 nitrogen and oxygen atoms in total. The van der Waals surface area contributed by atoms with Crippen molar-refractivity contribution in [2.45, 2.75) is 19.6 Å². The minimum Gasteiger partial charge on any atom is -0.493 e. The standard InChI is InChI=1S/C25H26O2Si/c1-26-23-15-18-11-7-9-13-21(18)24(25(23)27-2)22-16-19(28(3,4)5)14-17-10-6-8-12-20(17)22/h6-16H,1-5H3. The van der Waals surface area contributed by atoms with Crippen molar-refractivity contribution in [2.24, 2.45) is 0 Å². The maximum absolute atomic E-state index is 5.89. The lowest BCUT2D eigenvalue weighted by atomic mass is 9.92. The van der Waals surface area contributed by atoms with Crippen LogP contribution >= 0.6 is 0 Å². The van der Waals surface area contributed by atoms with E-state index in [1.165, 1.54) is 26.9 Å². The molecule has 0 heterocycles. The molecule has 4 aromatic rings. The predicted molar refractivity (Wildman–Crippen MR) is 123 cm³/mol. The van der Waals surface area contributed by atoms with Gasteiger partial charge in [0, 0.05) is 5.56 Å². The third-order valence-corrected chi connectivity index (χ3v) is 7.41. The number of benzene rings is 4. The van der Waals surface area contributed by atoms with Gasteiger partial charge in [-0.25, -0.2) is 0 Å². The Balaban J connectivity index is 2.21. The molecular formula is C25H26O2Si. The Morgan fingerprint density at radius 3 is 1.89 bits per heavy atom. The molecule has 0 spiro atoms. The number of fused-ring (bicyclic) bond motifs is 2. The Labute approximate surface area is 167 Å². The summed E-state index contributed by atoms with van der Waals surface area (Å²) in [5.41, 5.74) is 2.32. The van der Waals surface area contributed by atoms with E-state index in [1.54, 1.807) is 14.2 Å². The summed E-state index contributed by atoms with van der Waals surface area (Å²) in [4.78, 5) is 0. The van der Waals surface area contributed by atoms with Gasteiger partial charge in [-0.15, -0.1) is 0 Å². The minimum atomic E-state index is -1.50. The van der Waals surface area contributed by atoms with Gasteiger partial charge in [0.05, 0.1) is 22.3 Å². The van der Waals surface area contributed by atoms with Gasteiger partial charge in [-0.1, -0.05) is 85.5 Å². The first-order valence-corrected chi connectivity index (χ1v) is 13.1. The predicted octanol–water partition coefficient (Wildman–Crippen LogP) is 6.22. The lowest BCUT2D eigenvalue weighted by Gasteiger charge is -2.22. The monoisotopic (exact) mass is 386 g/mol. The Bertz CT molecular complexity index is 1170. The molecule has 0 N–H and O–H groups in total. The average Bonchev–Trinajstić information content (AvgIpc) is 2.70. The zero-order valence-corrected chi connectivity index (χ0v) is 18.2. The number of hydrogen-bond donors (Lipinski definition) is 0. The smallest absolute Gasteiger partial charge is 0.169 e. The molecule has 4 aromatic carbocycles. The third-order valence-electron chi connectivity index (χ3n) is 5.39. The minimum absolute atomic E-state index is 0.763. The molecule has 0 unspecified atom stereocenters. The van der Waals surface area contributed by atoms with Crippen molar-refractivity contribution < 1.29 is 9.47 Å². The molecule has 3 heteroatoms. The highest BCUT2D eigenvalue weighted by Gasteiger charge is 2.22. The first-order chi connectivity index (χ1) is 13.4. The summed E-state index contributed by atoms with van der Waals surface area (Å²) < 4.78 is 11.6. The fourth-order valence-electron chi connectivity index (χ4n) is 3.87. The zero-order valence-electron chi connectivity index (χ0n) is 17.2. The molecule has 4 rings (SSSR count). The Kier molecular flexibility index (Phi) is 4.64. The number of rotatable bonds is 4. The first-order valence-electron chi connectivity index (χ1n) is 9.61. The van der Waals surface area contributed by atoms with Crippen molar-refractivity contribution in [1.29, 1.82) is 0 Å². The van der Waals surface area contributed by atoms with Gasteiger partial charge < -0.3 is 9.47 Å². The maximum atomic E-state index is 5.89. The fraction of sp³-hybridized carbons (Fsp3) is 0.200. The van der Waals surface area contributed by atoms with Crippen LogP contribution in [0.3, 0.4) is 0 Å². The van der Waals surface area contributed by atoms with Gasteiger partial charge in [0.15, 0.2) is 11.5 Å². The van der Waals surface area contributed by atoms with E-state index in [1.807, 2.05) is 0 Å². The van der Waals surface area contributed by atoms with Gasteiger partial charge in [-0.05, 0) is 33.2 Å². The van der Waals surface area contributed by atoms with Gasteiger partial charge in [0.2, 0.25) is 0 Å². The quantitative estimate of drug-likeness (QED) is 0.388. The van der Waals surface area contributed by atoms with Gasteiger partial charge in [0.25, 0.3) is 0 Å². The molecule has 0 radical (unpaired) electrons. The molecule has 0 bridgehead atoms. The van der Waals surface area contributed by atoms with Gasteiger partial charge in [-0.2, -0.15) is 0 Å². The highest BCUT2D eigenvalue weighted by atomic mass is 28.3. The van der Waals surface area contributed by atoms with E-state index in [9.17, 15) is 0 Å². The van der Waals surface area contributed by atoms with E-state index in [0.29, 0.717) is 0 Å². The summed E-state index contributed by atoms with van der Waals surface area (Å²) in [7, 11) is 1.92. The van der Waals surface area contributed by atoms with Crippen LogP contribution in [0.4, 0.5) is 0 Å². The largest absolute Gasteiger partial charge is 0.493 e. The molecule has 0 aliphatic heterocycles. The molecule has 0 aliphatic carbocycles. The molecular weight excluding hydrogens is 360 g/mol. The second-order valence-electron chi connectivity index (χ2n) is 8.20. The number of hydrogen-bond acceptors (Lipinski definition) is 2. The number of ether oxygens (including phenoxy) is 2. The average molecular weight is 387 g/mol. The third kappa shape index (κ3) is 3.06. The van der Waals surface area contributed by atoms with E-state index in [0.717, 1.165) is 22.4 Å².